The van der Waals surface area contributed by atoms with Crippen LogP contribution in [0.3, 0.4) is 0 Å². The van der Waals surface area contributed by atoms with E-state index in [0.29, 0.717) is 0 Å². The Morgan fingerprint density at radius 1 is 1.57 bits per heavy atom. The zero-order valence-corrected chi connectivity index (χ0v) is 12.6. The quantitative estimate of drug-likeness (QED) is 0.413. The normalized spacial score (nSPS) is 4.29. The Morgan fingerprint density at radius 2 is 1.57 bits per heavy atom. The molecule has 0 aromatic carbocycles. The molecular weight excluding hydrogens is 332 g/mol. The van der Waals surface area contributed by atoms with Crippen LogP contribution in [-0.4, -0.2) is 21.3 Å². The molecule has 0 aliphatic carbocycles. The van der Waals surface area contributed by atoms with Gasteiger partial charge in [-0.25, -0.2) is 4.79 Å². The Hall–Kier alpha value is 2.05. The molecule has 5 heteroatoms. The number of alkyl halides is 1. The van der Waals surface area contributed by atoms with Crippen molar-refractivity contribution in [2.45, 2.75) is 0 Å². The fraction of sp³-hybridized carbons (Fsp3) is 0.500. The molecule has 0 heterocycles. The van der Waals surface area contributed by atoms with Crippen molar-refractivity contribution in [2.24, 2.45) is 0 Å². The van der Waals surface area contributed by atoms with Gasteiger partial charge in [-0.1, -0.05) is 22.6 Å². The van der Waals surface area contributed by atoms with Crippen LogP contribution in [0.2, 0.25) is 0 Å². The number of carboxylic acid groups (broad SMARTS) is 2. The third-order valence-corrected chi connectivity index (χ3v) is 0. The summed E-state index contributed by atoms with van der Waals surface area (Å²) in [4.78, 5) is 10.5. The fourth-order valence-corrected chi connectivity index (χ4v) is 0. The molecule has 0 aromatic heterocycles. The van der Waals surface area contributed by atoms with Gasteiger partial charge in [-0.05, 0) is 4.93 Å². The van der Waals surface area contributed by atoms with Crippen LogP contribution in [0.15, 0.2) is 0 Å². The smallest absolute Gasteiger partial charge is 1.00 e. The minimum atomic E-state index is -1.83. The molecule has 2 N–H and O–H groups in total. The third-order valence-electron chi connectivity index (χ3n) is 0. The molecule has 0 aromatic rings. The summed E-state index contributed by atoms with van der Waals surface area (Å²) in [6.07, 6.45) is -1.83. The minimum absolute atomic E-state index is 0. The Kier molecular flexibility index (Phi) is 35.9. The van der Waals surface area contributed by atoms with Crippen LogP contribution in [0, 0.1) is 0 Å². The predicted molar refractivity (Wildman–Crippen MR) is 31.7 cm³/mol. The number of carbonyl (C=O) groups is 1. The SMILES string of the molecule is CI.O=C(O)O.[Cs+].[H-]. The van der Waals surface area contributed by atoms with Gasteiger partial charge in [0.25, 0.3) is 0 Å². The van der Waals surface area contributed by atoms with Gasteiger partial charge in [-0.2, -0.15) is 0 Å². The van der Waals surface area contributed by atoms with Crippen LogP contribution >= 0.6 is 22.6 Å². The molecule has 0 amide bonds. The van der Waals surface area contributed by atoms with Crippen LogP contribution in [0.25, 0.3) is 0 Å². The number of rotatable bonds is 0. The van der Waals surface area contributed by atoms with Gasteiger partial charge in [0.2, 0.25) is 0 Å². The molecule has 0 aliphatic rings. The molecule has 0 saturated carbocycles. The second-order valence-electron chi connectivity index (χ2n) is 0.283. The van der Waals surface area contributed by atoms with Crippen molar-refractivity contribution in [3.63, 3.8) is 0 Å². The molecule has 7 heavy (non-hydrogen) atoms. The molecule has 0 radical (unpaired) electrons. The average Bonchev–Trinajstić information content (AvgIpc) is 1.41. The zero-order valence-electron chi connectivity index (χ0n) is 5.18. The Balaban J connectivity index is -0.0000000183. The van der Waals surface area contributed by atoms with E-state index in [0.717, 1.165) is 0 Å². The van der Waals surface area contributed by atoms with Crippen LogP contribution in [0.5, 0.6) is 0 Å². The maximum Gasteiger partial charge on any atom is 1.00 e. The topological polar surface area (TPSA) is 57.5 Å². The average molecular weight is 338 g/mol. The van der Waals surface area contributed by atoms with Crippen LogP contribution in [-0.2, 0) is 0 Å². The van der Waals surface area contributed by atoms with E-state index in [-0.39, 0.29) is 70.3 Å². The molecule has 40 valence electrons. The van der Waals surface area contributed by atoms with E-state index in [9.17, 15) is 0 Å². The first kappa shape index (κ1) is 16.0. The summed E-state index contributed by atoms with van der Waals surface area (Å²) in [5.74, 6) is 0. The number of hydrogen-bond acceptors (Lipinski definition) is 1. The third kappa shape index (κ3) is 70.0. The molecular formula is C2H6CsIO3. The monoisotopic (exact) mass is 338 g/mol. The summed E-state index contributed by atoms with van der Waals surface area (Å²) in [7, 11) is 0. The van der Waals surface area contributed by atoms with Gasteiger partial charge in [-0.15, -0.1) is 0 Å². The van der Waals surface area contributed by atoms with Gasteiger partial charge in [-0.3, -0.25) is 0 Å². The second-order valence-corrected chi connectivity index (χ2v) is 0.283. The number of hydrogen-bond donors (Lipinski definition) is 2. The first-order valence-corrected chi connectivity index (χ1v) is 3.19. The van der Waals surface area contributed by atoms with Crippen LogP contribution < -0.4 is 68.9 Å². The summed E-state index contributed by atoms with van der Waals surface area (Å²) in [5.41, 5.74) is 0. The van der Waals surface area contributed by atoms with Crippen molar-refractivity contribution >= 4 is 28.7 Å². The molecule has 0 spiro atoms. The van der Waals surface area contributed by atoms with Crippen LogP contribution in [0.4, 0.5) is 4.79 Å². The van der Waals surface area contributed by atoms with E-state index in [2.05, 4.69) is 22.6 Å². The molecule has 0 unspecified atom stereocenters. The van der Waals surface area contributed by atoms with E-state index in [1.165, 1.54) is 0 Å². The first-order chi connectivity index (χ1) is 2.73. The standard InChI is InChI=1S/CH3I.CH2O3.Cs.H/c1-2;2-1(3)4;;/h1H3;(H2,2,3,4);;/q;;+1;-1. The van der Waals surface area contributed by atoms with Crippen molar-refractivity contribution in [1.29, 1.82) is 0 Å². The maximum atomic E-state index is 8.56. The summed E-state index contributed by atoms with van der Waals surface area (Å²) in [5, 5.41) is 13.9. The van der Waals surface area contributed by atoms with Gasteiger partial charge in [0.1, 0.15) is 0 Å². The fourth-order valence-electron chi connectivity index (χ4n) is 0. The van der Waals surface area contributed by atoms with Crippen LogP contribution in [0.1, 0.15) is 1.43 Å². The molecule has 0 aliphatic heterocycles. The van der Waals surface area contributed by atoms with Crippen molar-refractivity contribution in [1.82, 2.24) is 0 Å². The Morgan fingerprint density at radius 3 is 1.57 bits per heavy atom. The molecule has 0 saturated heterocycles. The first-order valence-electron chi connectivity index (χ1n) is 1.03. The Bertz CT molecular complexity index is 40.3. The summed E-state index contributed by atoms with van der Waals surface area (Å²) in [6.45, 7) is 0. The second kappa shape index (κ2) is 15.7. The van der Waals surface area contributed by atoms with E-state index >= 15 is 0 Å². The van der Waals surface area contributed by atoms with Crippen molar-refractivity contribution in [3.05, 3.63) is 0 Å². The summed E-state index contributed by atoms with van der Waals surface area (Å²) >= 11 is 2.15. The minimum Gasteiger partial charge on any atom is -1.00 e. The van der Waals surface area contributed by atoms with Gasteiger partial charge in [0.15, 0.2) is 0 Å². The largest absolute Gasteiger partial charge is 1.00 e. The molecule has 0 bridgehead atoms. The van der Waals surface area contributed by atoms with Gasteiger partial charge < -0.3 is 11.6 Å². The van der Waals surface area contributed by atoms with Crippen molar-refractivity contribution in [2.75, 3.05) is 4.93 Å². The van der Waals surface area contributed by atoms with Gasteiger partial charge in [0, 0.05) is 0 Å². The predicted octanol–water partition coefficient (Wildman–Crippen LogP) is -1.61. The molecule has 0 rings (SSSR count). The van der Waals surface area contributed by atoms with E-state index < -0.39 is 6.16 Å². The summed E-state index contributed by atoms with van der Waals surface area (Å²) < 4.78 is 0. The van der Waals surface area contributed by atoms with Crippen molar-refractivity contribution in [3.8, 4) is 0 Å². The molecule has 0 fully saturated rings. The molecule has 3 nitrogen and oxygen atoms in total. The maximum absolute atomic E-state index is 8.56. The van der Waals surface area contributed by atoms with Gasteiger partial charge in [0.05, 0.1) is 0 Å². The Labute approximate surface area is 116 Å². The zero-order chi connectivity index (χ0) is 5.58. The van der Waals surface area contributed by atoms with E-state index in [4.69, 9.17) is 15.0 Å². The van der Waals surface area contributed by atoms with E-state index in [1.807, 2.05) is 4.93 Å². The number of halogens is 1. The van der Waals surface area contributed by atoms with Crippen molar-refractivity contribution < 1.29 is 85.3 Å². The molecule has 0 atom stereocenters. The summed E-state index contributed by atoms with van der Waals surface area (Å²) in [6, 6.07) is 0. The van der Waals surface area contributed by atoms with E-state index in [1.54, 1.807) is 0 Å². The van der Waals surface area contributed by atoms with Gasteiger partial charge >= 0.3 is 75.0 Å².